The second kappa shape index (κ2) is 3.29. The predicted octanol–water partition coefficient (Wildman–Crippen LogP) is 0.651. The lowest BCUT2D eigenvalue weighted by Crippen LogP contribution is -2.40. The summed E-state index contributed by atoms with van der Waals surface area (Å²) in [6.45, 7) is 4.02. The van der Waals surface area contributed by atoms with Crippen LogP contribution in [0.3, 0.4) is 0 Å². The zero-order valence-electron chi connectivity index (χ0n) is 8.34. The van der Waals surface area contributed by atoms with Crippen molar-refractivity contribution in [3.05, 3.63) is 0 Å². The number of hydrogen-bond acceptors (Lipinski definition) is 2. The van der Waals surface area contributed by atoms with Gasteiger partial charge in [-0.25, -0.2) is 0 Å². The van der Waals surface area contributed by atoms with Crippen LogP contribution in [-0.4, -0.2) is 24.0 Å². The normalized spacial score (nSPS) is 37.0. The minimum atomic E-state index is 0.237. The molecule has 74 valence electrons. The summed E-state index contributed by atoms with van der Waals surface area (Å²) in [5.74, 6) is 0.482. The van der Waals surface area contributed by atoms with Gasteiger partial charge in [0.15, 0.2) is 0 Å². The number of fused-ring (bicyclic) bond motifs is 2. The van der Waals surface area contributed by atoms with E-state index in [1.54, 1.807) is 0 Å². The quantitative estimate of drug-likeness (QED) is 0.658. The Labute approximate surface area is 79.3 Å². The van der Waals surface area contributed by atoms with E-state index in [0.717, 1.165) is 6.42 Å². The Balaban J connectivity index is 1.91. The van der Waals surface area contributed by atoms with Crippen LogP contribution in [0.1, 0.15) is 33.1 Å². The molecule has 2 rings (SSSR count). The molecule has 2 aliphatic rings. The highest BCUT2D eigenvalue weighted by Crippen LogP contribution is 2.33. The Kier molecular flexibility index (Phi) is 2.28. The van der Waals surface area contributed by atoms with Crippen LogP contribution in [0.15, 0.2) is 0 Å². The molecule has 2 heterocycles. The molecule has 3 heteroatoms. The fourth-order valence-corrected chi connectivity index (χ4v) is 2.51. The number of carbonyl (C=O) groups is 1. The molecule has 1 amide bonds. The maximum absolute atomic E-state index is 11.7. The van der Waals surface area contributed by atoms with Gasteiger partial charge in [-0.1, -0.05) is 0 Å². The minimum Gasteiger partial charge on any atom is -0.354 e. The smallest absolute Gasteiger partial charge is 0.224 e. The topological polar surface area (TPSA) is 41.1 Å². The van der Waals surface area contributed by atoms with Gasteiger partial charge in [0.25, 0.3) is 0 Å². The molecule has 2 bridgehead atoms. The minimum absolute atomic E-state index is 0.237. The molecule has 0 radical (unpaired) electrons. The average Bonchev–Trinajstić information content (AvgIpc) is 2.62. The van der Waals surface area contributed by atoms with Gasteiger partial charge in [0.1, 0.15) is 0 Å². The van der Waals surface area contributed by atoms with E-state index in [0.29, 0.717) is 12.1 Å². The highest BCUT2D eigenvalue weighted by molar-refractivity contribution is 5.80. The van der Waals surface area contributed by atoms with Crippen LogP contribution in [0.4, 0.5) is 0 Å². The van der Waals surface area contributed by atoms with Crippen molar-refractivity contribution in [3.8, 4) is 0 Å². The number of amides is 1. The van der Waals surface area contributed by atoms with Gasteiger partial charge >= 0.3 is 0 Å². The lowest BCUT2D eigenvalue weighted by molar-refractivity contribution is -0.126. The summed E-state index contributed by atoms with van der Waals surface area (Å²) < 4.78 is 0. The summed E-state index contributed by atoms with van der Waals surface area (Å²) in [6, 6.07) is 1.35. The molecule has 0 aromatic rings. The number of rotatable bonds is 2. The molecule has 3 atom stereocenters. The highest BCUT2D eigenvalue weighted by Gasteiger charge is 2.42. The second-order valence-electron chi connectivity index (χ2n) is 4.55. The van der Waals surface area contributed by atoms with Crippen molar-refractivity contribution in [2.24, 2.45) is 5.92 Å². The van der Waals surface area contributed by atoms with Crippen molar-refractivity contribution < 1.29 is 4.79 Å². The molecule has 0 spiro atoms. The number of nitrogens with one attached hydrogen (secondary N) is 2. The van der Waals surface area contributed by atoms with Crippen LogP contribution in [-0.2, 0) is 4.79 Å². The van der Waals surface area contributed by atoms with Crippen molar-refractivity contribution in [2.45, 2.75) is 51.2 Å². The second-order valence-corrected chi connectivity index (χ2v) is 4.55. The molecule has 2 N–H and O–H groups in total. The van der Waals surface area contributed by atoms with Crippen molar-refractivity contribution in [1.29, 1.82) is 0 Å². The molecule has 3 nitrogen and oxygen atoms in total. The molecule has 0 aromatic carbocycles. The zero-order chi connectivity index (χ0) is 9.42. The molecule has 13 heavy (non-hydrogen) atoms. The van der Waals surface area contributed by atoms with Gasteiger partial charge in [-0.3, -0.25) is 4.79 Å². The molecular formula is C10H18N2O. The summed E-state index contributed by atoms with van der Waals surface area (Å²) >= 11 is 0. The first kappa shape index (κ1) is 9.00. The molecule has 2 saturated heterocycles. The van der Waals surface area contributed by atoms with Crippen molar-refractivity contribution in [2.75, 3.05) is 0 Å². The van der Waals surface area contributed by atoms with Crippen LogP contribution in [0.5, 0.6) is 0 Å². The Morgan fingerprint density at radius 1 is 1.46 bits per heavy atom. The zero-order valence-corrected chi connectivity index (χ0v) is 8.34. The molecule has 0 aliphatic carbocycles. The van der Waals surface area contributed by atoms with E-state index in [2.05, 4.69) is 10.6 Å². The fourth-order valence-electron chi connectivity index (χ4n) is 2.51. The third-order valence-electron chi connectivity index (χ3n) is 3.07. The first-order valence-electron chi connectivity index (χ1n) is 5.23. The van der Waals surface area contributed by atoms with Crippen molar-refractivity contribution >= 4 is 5.91 Å². The number of carbonyl (C=O) groups excluding carboxylic acids is 1. The highest BCUT2D eigenvalue weighted by atomic mass is 16.2. The molecule has 0 aromatic heterocycles. The van der Waals surface area contributed by atoms with Gasteiger partial charge in [-0.15, -0.1) is 0 Å². The predicted molar refractivity (Wildman–Crippen MR) is 51.3 cm³/mol. The third kappa shape index (κ3) is 1.70. The summed E-state index contributed by atoms with van der Waals surface area (Å²) in [6.07, 6.45) is 3.49. The van der Waals surface area contributed by atoms with E-state index in [-0.39, 0.29) is 17.9 Å². The molecule has 2 fully saturated rings. The van der Waals surface area contributed by atoms with Crippen LogP contribution in [0, 0.1) is 5.92 Å². The van der Waals surface area contributed by atoms with Gasteiger partial charge in [-0.2, -0.15) is 0 Å². The summed E-state index contributed by atoms with van der Waals surface area (Å²) in [7, 11) is 0. The van der Waals surface area contributed by atoms with E-state index in [4.69, 9.17) is 0 Å². The van der Waals surface area contributed by atoms with Crippen LogP contribution in [0.25, 0.3) is 0 Å². The largest absolute Gasteiger partial charge is 0.354 e. The standard InChI is InChI=1S/C10H18N2O/c1-6(2)11-10(13)8-5-7-3-4-9(8)12-7/h6-9,12H,3-5H2,1-2H3,(H,11,13). The lowest BCUT2D eigenvalue weighted by atomic mass is 9.88. The van der Waals surface area contributed by atoms with Crippen molar-refractivity contribution in [1.82, 2.24) is 10.6 Å². The van der Waals surface area contributed by atoms with E-state index in [1.165, 1.54) is 12.8 Å². The van der Waals surface area contributed by atoms with Gasteiger partial charge in [-0.05, 0) is 33.1 Å². The summed E-state index contributed by atoms with van der Waals surface area (Å²) in [5, 5.41) is 6.46. The monoisotopic (exact) mass is 182 g/mol. The van der Waals surface area contributed by atoms with Crippen LogP contribution < -0.4 is 10.6 Å². The van der Waals surface area contributed by atoms with Crippen LogP contribution >= 0.6 is 0 Å². The number of hydrogen-bond donors (Lipinski definition) is 2. The fraction of sp³-hybridized carbons (Fsp3) is 0.900. The summed E-state index contributed by atoms with van der Waals surface area (Å²) in [4.78, 5) is 11.7. The molecule has 0 saturated carbocycles. The van der Waals surface area contributed by atoms with Gasteiger partial charge in [0.2, 0.25) is 5.91 Å². The first-order chi connectivity index (χ1) is 6.16. The molecular weight excluding hydrogens is 164 g/mol. The Morgan fingerprint density at radius 2 is 2.23 bits per heavy atom. The van der Waals surface area contributed by atoms with Gasteiger partial charge in [0, 0.05) is 18.1 Å². The van der Waals surface area contributed by atoms with Gasteiger partial charge in [0.05, 0.1) is 5.92 Å². The Bertz CT molecular complexity index is 215. The van der Waals surface area contributed by atoms with E-state index in [9.17, 15) is 4.79 Å². The Morgan fingerprint density at radius 3 is 2.69 bits per heavy atom. The molecule has 3 unspecified atom stereocenters. The maximum atomic E-state index is 11.7. The third-order valence-corrected chi connectivity index (χ3v) is 3.07. The maximum Gasteiger partial charge on any atom is 0.224 e. The van der Waals surface area contributed by atoms with Gasteiger partial charge < -0.3 is 10.6 Å². The summed E-state index contributed by atoms with van der Waals surface area (Å²) in [5.41, 5.74) is 0. The van der Waals surface area contributed by atoms with E-state index >= 15 is 0 Å². The van der Waals surface area contributed by atoms with Crippen LogP contribution in [0.2, 0.25) is 0 Å². The molecule has 2 aliphatic heterocycles. The van der Waals surface area contributed by atoms with Crippen molar-refractivity contribution in [3.63, 3.8) is 0 Å². The average molecular weight is 182 g/mol. The SMILES string of the molecule is CC(C)NC(=O)C1CC2CCC1N2. The first-order valence-corrected chi connectivity index (χ1v) is 5.23. The lowest BCUT2D eigenvalue weighted by Gasteiger charge is -2.20. The Hall–Kier alpha value is -0.570. The van der Waals surface area contributed by atoms with E-state index in [1.807, 2.05) is 13.8 Å². The van der Waals surface area contributed by atoms with E-state index < -0.39 is 0 Å².